The molecule has 8 heteroatoms. The van der Waals surface area contributed by atoms with E-state index in [0.29, 0.717) is 36.2 Å². The van der Waals surface area contributed by atoms with Crippen molar-refractivity contribution in [1.82, 2.24) is 9.97 Å². The van der Waals surface area contributed by atoms with Crippen LogP contribution in [0.4, 0.5) is 11.5 Å². The van der Waals surface area contributed by atoms with Crippen LogP contribution >= 0.6 is 0 Å². The van der Waals surface area contributed by atoms with Crippen LogP contribution in [-0.2, 0) is 4.74 Å². The Kier molecular flexibility index (Phi) is 6.97. The van der Waals surface area contributed by atoms with Gasteiger partial charge in [-0.05, 0) is 18.6 Å². The Balaban J connectivity index is 2.05. The average Bonchev–Trinajstić information content (AvgIpc) is 2.65. The first-order chi connectivity index (χ1) is 12.2. The molecule has 0 saturated heterocycles. The van der Waals surface area contributed by atoms with Crippen LogP contribution < -0.4 is 20.1 Å². The fraction of sp³-hybridized carbons (Fsp3) is 0.353. The largest absolute Gasteiger partial charge is 0.497 e. The average molecular weight is 346 g/mol. The SMILES string of the molecule is COCCCNc1cc(C(=O)Nc2ccc(OC)cc2OC)ncn1. The van der Waals surface area contributed by atoms with Gasteiger partial charge in [-0.2, -0.15) is 0 Å². The topological polar surface area (TPSA) is 94.6 Å². The molecular formula is C17H22N4O4. The third-order valence-electron chi connectivity index (χ3n) is 3.39. The number of methoxy groups -OCH3 is 3. The highest BCUT2D eigenvalue weighted by Gasteiger charge is 2.13. The molecule has 0 fully saturated rings. The van der Waals surface area contributed by atoms with Crippen molar-refractivity contribution < 1.29 is 19.0 Å². The second kappa shape index (κ2) is 9.43. The molecule has 0 spiro atoms. The third-order valence-corrected chi connectivity index (χ3v) is 3.39. The molecule has 2 rings (SSSR count). The zero-order chi connectivity index (χ0) is 18.1. The standard InChI is InChI=1S/C17H22N4O4/c1-23-8-4-7-18-16-10-14(19-11-20-16)17(22)21-13-6-5-12(24-2)9-15(13)25-3/h5-6,9-11H,4,7-8H2,1-3H3,(H,21,22)(H,18,19,20). The van der Waals surface area contributed by atoms with Crippen LogP contribution in [0.1, 0.15) is 16.9 Å². The molecule has 0 aliphatic heterocycles. The van der Waals surface area contributed by atoms with E-state index in [-0.39, 0.29) is 11.6 Å². The zero-order valence-corrected chi connectivity index (χ0v) is 14.5. The van der Waals surface area contributed by atoms with Crippen molar-refractivity contribution in [3.05, 3.63) is 36.3 Å². The molecule has 0 unspecified atom stereocenters. The summed E-state index contributed by atoms with van der Waals surface area (Å²) in [5.74, 6) is 1.36. The van der Waals surface area contributed by atoms with E-state index in [1.54, 1.807) is 38.5 Å². The summed E-state index contributed by atoms with van der Waals surface area (Å²) in [5, 5.41) is 5.90. The molecular weight excluding hydrogens is 324 g/mol. The quantitative estimate of drug-likeness (QED) is 0.672. The second-order valence-electron chi connectivity index (χ2n) is 5.08. The van der Waals surface area contributed by atoms with E-state index < -0.39 is 0 Å². The van der Waals surface area contributed by atoms with E-state index in [4.69, 9.17) is 14.2 Å². The number of anilines is 2. The number of ether oxygens (including phenoxy) is 3. The molecule has 1 aromatic carbocycles. The van der Waals surface area contributed by atoms with Crippen molar-refractivity contribution in [2.45, 2.75) is 6.42 Å². The molecule has 0 radical (unpaired) electrons. The second-order valence-corrected chi connectivity index (χ2v) is 5.08. The zero-order valence-electron chi connectivity index (χ0n) is 14.5. The number of benzene rings is 1. The molecule has 2 aromatic rings. The molecule has 0 aliphatic rings. The van der Waals surface area contributed by atoms with Gasteiger partial charge in [-0.15, -0.1) is 0 Å². The number of carbonyl (C=O) groups is 1. The van der Waals surface area contributed by atoms with Crippen LogP contribution in [0.2, 0.25) is 0 Å². The number of carbonyl (C=O) groups excluding carboxylic acids is 1. The highest BCUT2D eigenvalue weighted by molar-refractivity contribution is 6.04. The smallest absolute Gasteiger partial charge is 0.274 e. The van der Waals surface area contributed by atoms with Gasteiger partial charge in [0.1, 0.15) is 29.3 Å². The summed E-state index contributed by atoms with van der Waals surface area (Å²) in [7, 11) is 4.74. The number of amides is 1. The lowest BCUT2D eigenvalue weighted by Crippen LogP contribution is -2.15. The summed E-state index contributed by atoms with van der Waals surface area (Å²) in [4.78, 5) is 20.5. The Hall–Kier alpha value is -2.87. The number of nitrogens with zero attached hydrogens (tertiary/aromatic N) is 2. The Labute approximate surface area is 146 Å². The maximum atomic E-state index is 12.4. The van der Waals surface area contributed by atoms with E-state index in [2.05, 4.69) is 20.6 Å². The van der Waals surface area contributed by atoms with Crippen LogP contribution in [0.25, 0.3) is 0 Å². The normalized spacial score (nSPS) is 10.2. The molecule has 25 heavy (non-hydrogen) atoms. The maximum absolute atomic E-state index is 12.4. The fourth-order valence-electron chi connectivity index (χ4n) is 2.10. The maximum Gasteiger partial charge on any atom is 0.274 e. The molecule has 0 saturated carbocycles. The van der Waals surface area contributed by atoms with Gasteiger partial charge in [-0.3, -0.25) is 4.79 Å². The summed E-state index contributed by atoms with van der Waals surface area (Å²) in [6, 6.07) is 6.73. The van der Waals surface area contributed by atoms with Crippen molar-refractivity contribution in [2.24, 2.45) is 0 Å². The van der Waals surface area contributed by atoms with E-state index in [1.807, 2.05) is 0 Å². The van der Waals surface area contributed by atoms with Crippen LogP contribution in [0, 0.1) is 0 Å². The van der Waals surface area contributed by atoms with Crippen molar-refractivity contribution in [2.75, 3.05) is 45.1 Å². The summed E-state index contributed by atoms with van der Waals surface area (Å²) in [6.45, 7) is 1.35. The number of hydrogen-bond donors (Lipinski definition) is 2. The molecule has 1 amide bonds. The van der Waals surface area contributed by atoms with Crippen molar-refractivity contribution in [3.8, 4) is 11.5 Å². The number of hydrogen-bond acceptors (Lipinski definition) is 7. The molecule has 8 nitrogen and oxygen atoms in total. The lowest BCUT2D eigenvalue weighted by Gasteiger charge is -2.11. The summed E-state index contributed by atoms with van der Waals surface area (Å²) >= 11 is 0. The highest BCUT2D eigenvalue weighted by atomic mass is 16.5. The van der Waals surface area contributed by atoms with Gasteiger partial charge in [0.05, 0.1) is 19.9 Å². The molecule has 0 atom stereocenters. The minimum atomic E-state index is -0.356. The van der Waals surface area contributed by atoms with Crippen molar-refractivity contribution in [3.63, 3.8) is 0 Å². The predicted molar refractivity (Wildman–Crippen MR) is 94.5 cm³/mol. The molecule has 1 aromatic heterocycles. The van der Waals surface area contributed by atoms with Crippen LogP contribution in [0.3, 0.4) is 0 Å². The third kappa shape index (κ3) is 5.32. The van der Waals surface area contributed by atoms with E-state index in [9.17, 15) is 4.79 Å². The summed E-state index contributed by atoms with van der Waals surface area (Å²) < 4.78 is 15.4. The van der Waals surface area contributed by atoms with Crippen LogP contribution in [0.5, 0.6) is 11.5 Å². The number of nitrogens with one attached hydrogen (secondary N) is 2. The minimum absolute atomic E-state index is 0.252. The lowest BCUT2D eigenvalue weighted by atomic mass is 10.2. The Morgan fingerprint density at radius 2 is 1.96 bits per heavy atom. The molecule has 134 valence electrons. The monoisotopic (exact) mass is 346 g/mol. The Morgan fingerprint density at radius 3 is 2.68 bits per heavy atom. The Morgan fingerprint density at radius 1 is 1.12 bits per heavy atom. The molecule has 0 aliphatic carbocycles. The van der Waals surface area contributed by atoms with Gasteiger partial charge in [-0.1, -0.05) is 0 Å². The van der Waals surface area contributed by atoms with E-state index >= 15 is 0 Å². The summed E-state index contributed by atoms with van der Waals surface area (Å²) in [5.41, 5.74) is 0.781. The van der Waals surface area contributed by atoms with Gasteiger partial charge < -0.3 is 24.8 Å². The van der Waals surface area contributed by atoms with Gasteiger partial charge in [0, 0.05) is 32.4 Å². The molecule has 1 heterocycles. The van der Waals surface area contributed by atoms with Crippen molar-refractivity contribution >= 4 is 17.4 Å². The number of rotatable bonds is 9. The molecule has 0 bridgehead atoms. The van der Waals surface area contributed by atoms with Gasteiger partial charge in [0.25, 0.3) is 5.91 Å². The van der Waals surface area contributed by atoms with Crippen molar-refractivity contribution in [1.29, 1.82) is 0 Å². The summed E-state index contributed by atoms with van der Waals surface area (Å²) in [6.07, 6.45) is 2.18. The fourth-order valence-corrected chi connectivity index (χ4v) is 2.10. The minimum Gasteiger partial charge on any atom is -0.497 e. The molecule has 2 N–H and O–H groups in total. The van der Waals surface area contributed by atoms with E-state index in [1.165, 1.54) is 13.4 Å². The van der Waals surface area contributed by atoms with Crippen LogP contribution in [-0.4, -0.2) is 50.4 Å². The highest BCUT2D eigenvalue weighted by Crippen LogP contribution is 2.29. The lowest BCUT2D eigenvalue weighted by molar-refractivity contribution is 0.102. The predicted octanol–water partition coefficient (Wildman–Crippen LogP) is 2.19. The van der Waals surface area contributed by atoms with E-state index in [0.717, 1.165) is 6.42 Å². The first-order valence-electron chi connectivity index (χ1n) is 7.76. The first kappa shape index (κ1) is 18.5. The van der Waals surface area contributed by atoms with Gasteiger partial charge in [-0.25, -0.2) is 9.97 Å². The van der Waals surface area contributed by atoms with Gasteiger partial charge in [0.2, 0.25) is 0 Å². The first-order valence-corrected chi connectivity index (χ1v) is 7.76. The number of aromatic nitrogens is 2. The van der Waals surface area contributed by atoms with Gasteiger partial charge in [0.15, 0.2) is 0 Å². The van der Waals surface area contributed by atoms with Crippen LogP contribution in [0.15, 0.2) is 30.6 Å². The Bertz CT molecular complexity index is 709. The van der Waals surface area contributed by atoms with Gasteiger partial charge >= 0.3 is 0 Å².